The molecule has 3 saturated heterocycles. The van der Waals surface area contributed by atoms with Crippen LogP contribution in [0.4, 0.5) is 0 Å². The molecule has 2 aromatic heterocycles. The Kier molecular flexibility index (Phi) is 4.67. The van der Waals surface area contributed by atoms with Crippen LogP contribution in [0.25, 0.3) is 5.69 Å². The number of carbonyl (C=O) groups is 1. The predicted molar refractivity (Wildman–Crippen MR) is 115 cm³/mol. The maximum Gasteiger partial charge on any atom is 0.289 e. The van der Waals surface area contributed by atoms with Gasteiger partial charge in [0.25, 0.3) is 5.91 Å². The second kappa shape index (κ2) is 7.58. The zero-order chi connectivity index (χ0) is 21.7. The van der Waals surface area contributed by atoms with Gasteiger partial charge in [0.2, 0.25) is 0 Å². The van der Waals surface area contributed by atoms with Gasteiger partial charge in [-0.25, -0.2) is 4.68 Å². The van der Waals surface area contributed by atoms with Gasteiger partial charge in [0.05, 0.1) is 30.3 Å². The van der Waals surface area contributed by atoms with Crippen LogP contribution >= 0.6 is 0 Å². The van der Waals surface area contributed by atoms with Gasteiger partial charge >= 0.3 is 0 Å². The molecule has 8 nitrogen and oxygen atoms in total. The van der Waals surface area contributed by atoms with E-state index in [0.29, 0.717) is 25.4 Å². The number of para-hydroxylation sites is 1. The molecule has 2 bridgehead atoms. The Bertz CT molecular complexity index is 1100. The number of likely N-dealkylation sites (tertiary alicyclic amines) is 2. The minimum absolute atomic E-state index is 0.0217. The van der Waals surface area contributed by atoms with Gasteiger partial charge in [-0.2, -0.15) is 5.10 Å². The molecule has 0 aliphatic carbocycles. The van der Waals surface area contributed by atoms with Crippen LogP contribution in [0.15, 0.2) is 65.4 Å². The first kappa shape index (κ1) is 19.7. The minimum atomic E-state index is -0.462. The van der Waals surface area contributed by atoms with Gasteiger partial charge in [-0.1, -0.05) is 18.2 Å². The number of aliphatic hydroxyl groups excluding tert-OH is 1. The van der Waals surface area contributed by atoms with E-state index >= 15 is 0 Å². The number of carbonyl (C=O) groups excluding carboxylic acids is 1. The highest BCUT2D eigenvalue weighted by Gasteiger charge is 2.62. The van der Waals surface area contributed by atoms with E-state index in [1.54, 1.807) is 12.1 Å². The molecule has 166 valence electrons. The summed E-state index contributed by atoms with van der Waals surface area (Å²) in [7, 11) is 0. The van der Waals surface area contributed by atoms with Crippen molar-refractivity contribution in [3.05, 3.63) is 72.4 Å². The van der Waals surface area contributed by atoms with Crippen LogP contribution in [-0.4, -0.2) is 75.1 Å². The van der Waals surface area contributed by atoms with Gasteiger partial charge in [-0.15, -0.1) is 0 Å². The average Bonchev–Trinajstić information content (AvgIpc) is 3.58. The number of nitrogens with zero attached hydrogens (tertiary/aromatic N) is 4. The molecule has 3 aliphatic heterocycles. The van der Waals surface area contributed by atoms with Crippen molar-refractivity contribution in [3.8, 4) is 5.69 Å². The standard InChI is InChI=1S/C24H26N4O4/c29-14-19-20-12-26(11-18-8-9-25-28(18)17-5-2-1-3-6-17)15-24(20)16-27(13-22(19)32-24)23(30)21-7-4-10-31-21/h1-10,19-20,22,29H,11-16H2/t19-,20+,22+,24-/m0/s1. The smallest absolute Gasteiger partial charge is 0.289 e. The third kappa shape index (κ3) is 3.09. The van der Waals surface area contributed by atoms with E-state index in [9.17, 15) is 9.90 Å². The molecule has 4 atom stereocenters. The number of rotatable bonds is 5. The second-order valence-corrected chi connectivity index (χ2v) is 9.08. The average molecular weight is 434 g/mol. The van der Waals surface area contributed by atoms with Gasteiger partial charge in [0.15, 0.2) is 5.76 Å². The van der Waals surface area contributed by atoms with Gasteiger partial charge in [0, 0.05) is 50.8 Å². The van der Waals surface area contributed by atoms with Crippen molar-refractivity contribution >= 4 is 5.91 Å². The molecule has 0 saturated carbocycles. The number of hydrogen-bond donors (Lipinski definition) is 1. The van der Waals surface area contributed by atoms with Crippen molar-refractivity contribution in [1.29, 1.82) is 0 Å². The Morgan fingerprint density at radius 1 is 1.12 bits per heavy atom. The maximum atomic E-state index is 13.0. The molecule has 1 spiro atoms. The Morgan fingerprint density at radius 2 is 2.00 bits per heavy atom. The summed E-state index contributed by atoms with van der Waals surface area (Å²) in [5.74, 6) is 0.440. The van der Waals surface area contributed by atoms with E-state index in [0.717, 1.165) is 24.5 Å². The number of furan rings is 1. The molecule has 0 radical (unpaired) electrons. The zero-order valence-corrected chi connectivity index (χ0v) is 17.7. The predicted octanol–water partition coefficient (Wildman–Crippen LogP) is 1.80. The molecule has 8 heteroatoms. The van der Waals surface area contributed by atoms with E-state index in [2.05, 4.69) is 10.00 Å². The van der Waals surface area contributed by atoms with Crippen LogP contribution in [0.3, 0.4) is 0 Å². The van der Waals surface area contributed by atoms with Crippen LogP contribution in [0.5, 0.6) is 0 Å². The fourth-order valence-corrected chi connectivity index (χ4v) is 5.84. The summed E-state index contributed by atoms with van der Waals surface area (Å²) < 4.78 is 13.8. The van der Waals surface area contributed by atoms with E-state index in [1.165, 1.54) is 6.26 Å². The molecule has 1 amide bonds. The van der Waals surface area contributed by atoms with Gasteiger partial charge in [0.1, 0.15) is 5.60 Å². The number of amides is 1. The monoisotopic (exact) mass is 434 g/mol. The Balaban J connectivity index is 1.24. The SMILES string of the molecule is O=C(c1ccco1)N1C[C@H]2O[C@@]3(CN(Cc4ccnn4-c4ccccc4)C[C@@H]3[C@@H]2CO)C1. The van der Waals surface area contributed by atoms with Crippen LogP contribution in [-0.2, 0) is 11.3 Å². The summed E-state index contributed by atoms with van der Waals surface area (Å²) in [6, 6.07) is 15.6. The van der Waals surface area contributed by atoms with Crippen molar-refractivity contribution in [2.24, 2.45) is 11.8 Å². The third-order valence-electron chi connectivity index (χ3n) is 7.20. The topological polar surface area (TPSA) is 84.0 Å². The highest BCUT2D eigenvalue weighted by atomic mass is 16.5. The lowest BCUT2D eigenvalue weighted by atomic mass is 9.83. The summed E-state index contributed by atoms with van der Waals surface area (Å²) in [6.45, 7) is 3.33. The molecule has 0 unspecified atom stereocenters. The normalized spacial score (nSPS) is 29.4. The summed E-state index contributed by atoms with van der Waals surface area (Å²) in [4.78, 5) is 17.2. The number of fused-ring (bicyclic) bond motifs is 1. The first-order chi connectivity index (χ1) is 15.7. The number of hydrogen-bond acceptors (Lipinski definition) is 6. The second-order valence-electron chi connectivity index (χ2n) is 9.08. The van der Waals surface area contributed by atoms with Crippen LogP contribution in [0, 0.1) is 11.8 Å². The van der Waals surface area contributed by atoms with Crippen LogP contribution in [0.1, 0.15) is 16.2 Å². The molecule has 3 aromatic rings. The lowest BCUT2D eigenvalue weighted by molar-refractivity contribution is -0.108. The lowest BCUT2D eigenvalue weighted by Crippen LogP contribution is -2.55. The fraction of sp³-hybridized carbons (Fsp3) is 0.417. The van der Waals surface area contributed by atoms with Gasteiger partial charge in [-0.05, 0) is 30.3 Å². The lowest BCUT2D eigenvalue weighted by Gasteiger charge is -2.40. The number of aliphatic hydroxyl groups is 1. The highest BCUT2D eigenvalue weighted by molar-refractivity contribution is 5.91. The quantitative estimate of drug-likeness (QED) is 0.659. The summed E-state index contributed by atoms with van der Waals surface area (Å²) >= 11 is 0. The van der Waals surface area contributed by atoms with Crippen LogP contribution in [0.2, 0.25) is 0 Å². The molecular formula is C24H26N4O4. The Labute approximate surface area is 186 Å². The van der Waals surface area contributed by atoms with Gasteiger partial charge in [-0.3, -0.25) is 9.69 Å². The minimum Gasteiger partial charge on any atom is -0.459 e. The molecule has 32 heavy (non-hydrogen) atoms. The van der Waals surface area contributed by atoms with E-state index in [4.69, 9.17) is 9.15 Å². The number of morpholine rings is 1. The molecule has 3 aliphatic rings. The molecule has 1 N–H and O–H groups in total. The molecule has 5 heterocycles. The summed E-state index contributed by atoms with van der Waals surface area (Å²) in [5.41, 5.74) is 1.67. The maximum absolute atomic E-state index is 13.0. The summed E-state index contributed by atoms with van der Waals surface area (Å²) in [5, 5.41) is 14.7. The van der Waals surface area contributed by atoms with Gasteiger partial charge < -0.3 is 19.2 Å². The molecule has 1 aromatic carbocycles. The van der Waals surface area contributed by atoms with Crippen molar-refractivity contribution in [1.82, 2.24) is 19.6 Å². The number of benzene rings is 1. The first-order valence-electron chi connectivity index (χ1n) is 11.1. The Morgan fingerprint density at radius 3 is 2.78 bits per heavy atom. The van der Waals surface area contributed by atoms with E-state index < -0.39 is 5.60 Å². The highest BCUT2D eigenvalue weighted by Crippen LogP contribution is 2.49. The third-order valence-corrected chi connectivity index (χ3v) is 7.20. The van der Waals surface area contributed by atoms with Crippen molar-refractivity contribution in [3.63, 3.8) is 0 Å². The molecule has 3 fully saturated rings. The van der Waals surface area contributed by atoms with E-state index in [1.807, 2.05) is 52.2 Å². The Hall–Kier alpha value is -2.94. The number of aromatic nitrogens is 2. The largest absolute Gasteiger partial charge is 0.459 e. The summed E-state index contributed by atoms with van der Waals surface area (Å²) in [6.07, 6.45) is 3.20. The van der Waals surface area contributed by atoms with E-state index in [-0.39, 0.29) is 30.5 Å². The molecular weight excluding hydrogens is 408 g/mol. The van der Waals surface area contributed by atoms with Crippen LogP contribution < -0.4 is 0 Å². The molecule has 6 rings (SSSR count). The first-order valence-corrected chi connectivity index (χ1v) is 11.1. The van der Waals surface area contributed by atoms with Crippen molar-refractivity contribution in [2.75, 3.05) is 32.8 Å². The zero-order valence-electron chi connectivity index (χ0n) is 17.7. The fourth-order valence-electron chi connectivity index (χ4n) is 5.84. The van der Waals surface area contributed by atoms with Crippen molar-refractivity contribution < 1.29 is 19.1 Å². The van der Waals surface area contributed by atoms with Crippen molar-refractivity contribution in [2.45, 2.75) is 18.2 Å². The number of ether oxygens (including phenoxy) is 1.